The number of rotatable bonds is 9. The molecular formula is C29H28N2O. The highest BCUT2D eigenvalue weighted by Gasteiger charge is 2.35. The molecule has 0 atom stereocenters. The van der Waals surface area contributed by atoms with Crippen LogP contribution in [0.1, 0.15) is 28.7 Å². The van der Waals surface area contributed by atoms with Gasteiger partial charge in [0.05, 0.1) is 5.54 Å². The van der Waals surface area contributed by atoms with Crippen LogP contribution in [0.25, 0.3) is 0 Å². The molecule has 0 aromatic heterocycles. The second-order valence-corrected chi connectivity index (χ2v) is 7.79. The maximum absolute atomic E-state index is 12.6. The van der Waals surface area contributed by atoms with Crippen LogP contribution in [0.4, 0.5) is 0 Å². The third-order valence-corrected chi connectivity index (χ3v) is 5.70. The van der Waals surface area contributed by atoms with Crippen LogP contribution in [0.2, 0.25) is 0 Å². The average molecular weight is 421 g/mol. The summed E-state index contributed by atoms with van der Waals surface area (Å²) in [6, 6.07) is 41.3. The molecule has 3 nitrogen and oxygen atoms in total. The molecule has 4 aromatic carbocycles. The van der Waals surface area contributed by atoms with Crippen molar-refractivity contribution in [2.45, 2.75) is 18.5 Å². The minimum Gasteiger partial charge on any atom is -0.352 e. The van der Waals surface area contributed by atoms with E-state index in [1.807, 2.05) is 48.5 Å². The fourth-order valence-electron chi connectivity index (χ4n) is 4.12. The Bertz CT molecular complexity index is 1000. The zero-order valence-corrected chi connectivity index (χ0v) is 18.1. The molecule has 0 saturated heterocycles. The molecule has 4 rings (SSSR count). The van der Waals surface area contributed by atoms with E-state index in [2.05, 4.69) is 83.4 Å². The van der Waals surface area contributed by atoms with Crippen molar-refractivity contribution >= 4 is 5.91 Å². The highest BCUT2D eigenvalue weighted by atomic mass is 16.1. The highest BCUT2D eigenvalue weighted by Crippen LogP contribution is 2.36. The number of nitrogens with one attached hydrogen (secondary N) is 2. The summed E-state index contributed by atoms with van der Waals surface area (Å²) in [5, 5.41) is 6.78. The Morgan fingerprint density at radius 2 is 1.00 bits per heavy atom. The summed E-state index contributed by atoms with van der Waals surface area (Å²) in [6.07, 6.45) is 0.390. The molecule has 0 aliphatic heterocycles. The molecule has 2 N–H and O–H groups in total. The number of carbonyl (C=O) groups is 1. The van der Waals surface area contributed by atoms with Crippen molar-refractivity contribution < 1.29 is 4.79 Å². The molecule has 0 aliphatic carbocycles. The van der Waals surface area contributed by atoms with Crippen LogP contribution in [-0.2, 0) is 16.9 Å². The van der Waals surface area contributed by atoms with Crippen LogP contribution >= 0.6 is 0 Å². The lowest BCUT2D eigenvalue weighted by Gasteiger charge is -2.37. The standard InChI is InChI=1S/C29H28N2O/c32-28(30-23-24-13-5-1-6-14-24)21-22-31-29(25-15-7-2-8-16-25,26-17-9-3-10-18-26)27-19-11-4-12-20-27/h1-20,31H,21-23H2,(H,30,32). The van der Waals surface area contributed by atoms with Gasteiger partial charge in [0.25, 0.3) is 0 Å². The lowest BCUT2D eigenvalue weighted by atomic mass is 9.77. The van der Waals surface area contributed by atoms with Gasteiger partial charge in [-0.3, -0.25) is 10.1 Å². The molecular weight excluding hydrogens is 392 g/mol. The van der Waals surface area contributed by atoms with Crippen molar-refractivity contribution in [1.29, 1.82) is 0 Å². The van der Waals surface area contributed by atoms with Crippen LogP contribution in [-0.4, -0.2) is 12.5 Å². The van der Waals surface area contributed by atoms with Crippen molar-refractivity contribution in [3.05, 3.63) is 144 Å². The number of hydrogen-bond acceptors (Lipinski definition) is 2. The number of carbonyl (C=O) groups excluding carboxylic acids is 1. The molecule has 0 radical (unpaired) electrons. The molecule has 1 amide bonds. The summed E-state index contributed by atoms with van der Waals surface area (Å²) < 4.78 is 0. The Hall–Kier alpha value is -3.69. The van der Waals surface area contributed by atoms with E-state index in [0.717, 1.165) is 22.3 Å². The van der Waals surface area contributed by atoms with Gasteiger partial charge in [-0.2, -0.15) is 0 Å². The Kier molecular flexibility index (Phi) is 7.11. The normalized spacial score (nSPS) is 11.1. The lowest BCUT2D eigenvalue weighted by molar-refractivity contribution is -0.121. The molecule has 0 aliphatic rings. The number of benzene rings is 4. The molecule has 32 heavy (non-hydrogen) atoms. The first-order valence-electron chi connectivity index (χ1n) is 11.0. The van der Waals surface area contributed by atoms with Gasteiger partial charge < -0.3 is 5.32 Å². The maximum Gasteiger partial charge on any atom is 0.221 e. The lowest BCUT2D eigenvalue weighted by Crippen LogP contribution is -2.46. The molecule has 0 fully saturated rings. The molecule has 160 valence electrons. The summed E-state index contributed by atoms with van der Waals surface area (Å²) >= 11 is 0. The molecule has 3 heteroatoms. The zero-order chi connectivity index (χ0) is 22.1. The van der Waals surface area contributed by atoms with Crippen molar-refractivity contribution in [1.82, 2.24) is 10.6 Å². The summed E-state index contributed by atoms with van der Waals surface area (Å²) in [6.45, 7) is 1.08. The summed E-state index contributed by atoms with van der Waals surface area (Å²) in [5.41, 5.74) is 3.97. The number of amides is 1. The van der Waals surface area contributed by atoms with E-state index in [4.69, 9.17) is 0 Å². The molecule has 0 spiro atoms. The van der Waals surface area contributed by atoms with Crippen LogP contribution in [0.15, 0.2) is 121 Å². The predicted molar refractivity (Wildman–Crippen MR) is 130 cm³/mol. The van der Waals surface area contributed by atoms with Crippen LogP contribution in [0.5, 0.6) is 0 Å². The van der Waals surface area contributed by atoms with Gasteiger partial charge in [0.15, 0.2) is 0 Å². The van der Waals surface area contributed by atoms with Crippen molar-refractivity contribution in [2.24, 2.45) is 0 Å². The van der Waals surface area contributed by atoms with E-state index >= 15 is 0 Å². The minimum atomic E-state index is -0.552. The molecule has 0 unspecified atom stereocenters. The van der Waals surface area contributed by atoms with Gasteiger partial charge in [0.2, 0.25) is 5.91 Å². The number of hydrogen-bond donors (Lipinski definition) is 2. The smallest absolute Gasteiger partial charge is 0.221 e. The monoisotopic (exact) mass is 420 g/mol. The largest absolute Gasteiger partial charge is 0.352 e. The Morgan fingerprint density at radius 3 is 1.44 bits per heavy atom. The minimum absolute atomic E-state index is 0.0319. The van der Waals surface area contributed by atoms with Gasteiger partial charge in [-0.25, -0.2) is 0 Å². The zero-order valence-electron chi connectivity index (χ0n) is 18.1. The van der Waals surface area contributed by atoms with E-state index in [0.29, 0.717) is 19.5 Å². The fourth-order valence-corrected chi connectivity index (χ4v) is 4.12. The van der Waals surface area contributed by atoms with Crippen LogP contribution in [0, 0.1) is 0 Å². The Balaban J connectivity index is 1.58. The predicted octanol–water partition coefficient (Wildman–Crippen LogP) is 5.27. The van der Waals surface area contributed by atoms with E-state index in [-0.39, 0.29) is 5.91 Å². The molecule has 0 heterocycles. The summed E-state index contributed by atoms with van der Waals surface area (Å²) in [7, 11) is 0. The third kappa shape index (κ3) is 4.96. The second-order valence-electron chi connectivity index (χ2n) is 7.79. The first kappa shape index (κ1) is 21.5. The third-order valence-electron chi connectivity index (χ3n) is 5.70. The van der Waals surface area contributed by atoms with Gasteiger partial charge in [-0.05, 0) is 22.3 Å². The quantitative estimate of drug-likeness (QED) is 0.362. The average Bonchev–Trinajstić information content (AvgIpc) is 2.88. The maximum atomic E-state index is 12.6. The van der Waals surface area contributed by atoms with Crippen molar-refractivity contribution in [2.75, 3.05) is 6.54 Å². The van der Waals surface area contributed by atoms with Gasteiger partial charge in [0.1, 0.15) is 0 Å². The van der Waals surface area contributed by atoms with E-state index in [1.54, 1.807) is 0 Å². The Labute approximate surface area is 190 Å². The molecule has 4 aromatic rings. The van der Waals surface area contributed by atoms with E-state index in [1.165, 1.54) is 0 Å². The first-order valence-corrected chi connectivity index (χ1v) is 11.0. The topological polar surface area (TPSA) is 41.1 Å². The van der Waals surface area contributed by atoms with E-state index in [9.17, 15) is 4.79 Å². The molecule has 0 bridgehead atoms. The van der Waals surface area contributed by atoms with Crippen molar-refractivity contribution in [3.63, 3.8) is 0 Å². The van der Waals surface area contributed by atoms with Crippen molar-refractivity contribution in [3.8, 4) is 0 Å². The van der Waals surface area contributed by atoms with Gasteiger partial charge >= 0.3 is 0 Å². The van der Waals surface area contributed by atoms with Gasteiger partial charge in [-0.15, -0.1) is 0 Å². The fraction of sp³-hybridized carbons (Fsp3) is 0.138. The van der Waals surface area contributed by atoms with Gasteiger partial charge in [-0.1, -0.05) is 121 Å². The summed E-state index contributed by atoms with van der Waals surface area (Å²) in [4.78, 5) is 12.6. The Morgan fingerprint density at radius 1 is 0.594 bits per heavy atom. The molecule has 0 saturated carbocycles. The van der Waals surface area contributed by atoms with Crippen LogP contribution < -0.4 is 10.6 Å². The second kappa shape index (κ2) is 10.6. The summed E-state index contributed by atoms with van der Waals surface area (Å²) in [5.74, 6) is 0.0319. The van der Waals surface area contributed by atoms with E-state index < -0.39 is 5.54 Å². The van der Waals surface area contributed by atoms with Gasteiger partial charge in [0, 0.05) is 19.5 Å². The SMILES string of the molecule is O=C(CCNC(c1ccccc1)(c1ccccc1)c1ccccc1)NCc1ccccc1. The first-order chi connectivity index (χ1) is 15.8. The highest BCUT2D eigenvalue weighted by molar-refractivity contribution is 5.76. The van der Waals surface area contributed by atoms with Crippen LogP contribution in [0.3, 0.4) is 0 Å².